The largest absolute Gasteiger partial charge is 0.439 e. The number of aliphatic hydroxyl groups excluding tert-OH is 1. The first-order valence-corrected chi connectivity index (χ1v) is 7.27. The summed E-state index contributed by atoms with van der Waals surface area (Å²) in [6.07, 6.45) is 2.16. The van der Waals surface area contributed by atoms with Crippen LogP contribution < -0.4 is 10.1 Å². The van der Waals surface area contributed by atoms with E-state index in [2.05, 4.69) is 10.3 Å². The van der Waals surface area contributed by atoms with Gasteiger partial charge in [-0.25, -0.2) is 4.98 Å². The molecule has 0 aliphatic carbocycles. The number of ether oxygens (including phenoxy) is 1. The summed E-state index contributed by atoms with van der Waals surface area (Å²) >= 11 is 0. The van der Waals surface area contributed by atoms with Crippen LogP contribution in [0.3, 0.4) is 0 Å². The minimum absolute atomic E-state index is 0.129. The van der Waals surface area contributed by atoms with Crippen molar-refractivity contribution in [2.45, 2.75) is 13.3 Å². The molecular weight excluding hydrogens is 280 g/mol. The number of rotatable bonds is 7. The van der Waals surface area contributed by atoms with Gasteiger partial charge in [-0.3, -0.25) is 4.79 Å². The molecule has 1 heterocycles. The molecule has 1 amide bonds. The second-order valence-corrected chi connectivity index (χ2v) is 5.13. The fourth-order valence-electron chi connectivity index (χ4n) is 1.88. The highest BCUT2D eigenvalue weighted by atomic mass is 16.5. The van der Waals surface area contributed by atoms with Gasteiger partial charge < -0.3 is 15.2 Å². The molecule has 5 nitrogen and oxygen atoms in total. The van der Waals surface area contributed by atoms with Crippen LogP contribution in [0.15, 0.2) is 48.7 Å². The number of nitrogens with one attached hydrogen (secondary N) is 1. The quantitative estimate of drug-likeness (QED) is 0.824. The molecule has 0 aliphatic heterocycles. The Kier molecular flexibility index (Phi) is 5.91. The van der Waals surface area contributed by atoms with Gasteiger partial charge in [-0.15, -0.1) is 0 Å². The Morgan fingerprint density at radius 3 is 2.68 bits per heavy atom. The van der Waals surface area contributed by atoms with E-state index in [-0.39, 0.29) is 18.4 Å². The van der Waals surface area contributed by atoms with Gasteiger partial charge in [0.2, 0.25) is 5.88 Å². The first-order chi connectivity index (χ1) is 10.7. The van der Waals surface area contributed by atoms with E-state index < -0.39 is 0 Å². The van der Waals surface area contributed by atoms with Crippen LogP contribution in [-0.2, 0) is 0 Å². The van der Waals surface area contributed by atoms with Crippen LogP contribution in [0.1, 0.15) is 23.7 Å². The highest BCUT2D eigenvalue weighted by Gasteiger charge is 2.08. The highest BCUT2D eigenvalue weighted by molar-refractivity contribution is 5.93. The molecule has 0 bridgehead atoms. The van der Waals surface area contributed by atoms with E-state index in [0.29, 0.717) is 30.2 Å². The molecule has 0 radical (unpaired) electrons. The molecule has 2 rings (SSSR count). The molecule has 1 aromatic heterocycles. The molecule has 116 valence electrons. The predicted octanol–water partition coefficient (Wildman–Crippen LogP) is 2.62. The van der Waals surface area contributed by atoms with Crippen LogP contribution in [0.2, 0.25) is 0 Å². The third kappa shape index (κ3) is 4.86. The molecule has 0 spiro atoms. The predicted molar refractivity (Wildman–Crippen MR) is 84.0 cm³/mol. The highest BCUT2D eigenvalue weighted by Crippen LogP contribution is 2.18. The Morgan fingerprint density at radius 2 is 2.05 bits per heavy atom. The molecule has 0 aliphatic rings. The van der Waals surface area contributed by atoms with Crippen molar-refractivity contribution in [3.63, 3.8) is 0 Å². The van der Waals surface area contributed by atoms with Crippen LogP contribution in [0.5, 0.6) is 11.6 Å². The number of amides is 1. The van der Waals surface area contributed by atoms with Crippen molar-refractivity contribution < 1.29 is 14.6 Å². The number of hydrogen-bond acceptors (Lipinski definition) is 4. The first-order valence-electron chi connectivity index (χ1n) is 7.27. The summed E-state index contributed by atoms with van der Waals surface area (Å²) in [5.41, 5.74) is 0.483. The Morgan fingerprint density at radius 1 is 1.27 bits per heavy atom. The first kappa shape index (κ1) is 16.0. The molecule has 0 saturated carbocycles. The van der Waals surface area contributed by atoms with Gasteiger partial charge in [-0.2, -0.15) is 0 Å². The third-order valence-electron chi connectivity index (χ3n) is 3.20. The standard InChI is InChI=1S/C17H20N2O3/c1-13(9-10-20)11-19-17(21)14-7-8-16(18-12-14)22-15-5-3-2-4-6-15/h2-8,12-13,20H,9-11H2,1H3,(H,19,21). The number of aliphatic hydroxyl groups is 1. The van der Waals surface area contributed by atoms with Crippen molar-refractivity contribution >= 4 is 5.91 Å². The number of hydrogen-bond donors (Lipinski definition) is 2. The van der Waals surface area contributed by atoms with Gasteiger partial charge in [-0.05, 0) is 30.5 Å². The molecule has 1 unspecified atom stereocenters. The van der Waals surface area contributed by atoms with Crippen molar-refractivity contribution in [2.75, 3.05) is 13.2 Å². The summed E-state index contributed by atoms with van der Waals surface area (Å²) in [6.45, 7) is 2.64. The maximum absolute atomic E-state index is 12.0. The van der Waals surface area contributed by atoms with Gasteiger partial charge in [0.25, 0.3) is 5.91 Å². The maximum atomic E-state index is 12.0. The van der Waals surface area contributed by atoms with E-state index in [1.54, 1.807) is 12.1 Å². The zero-order valence-corrected chi connectivity index (χ0v) is 12.5. The Hall–Kier alpha value is -2.40. The van der Waals surface area contributed by atoms with Crippen LogP contribution in [0, 0.1) is 5.92 Å². The van der Waals surface area contributed by atoms with E-state index in [4.69, 9.17) is 9.84 Å². The lowest BCUT2D eigenvalue weighted by Gasteiger charge is -2.11. The van der Waals surface area contributed by atoms with Crippen LogP contribution in [-0.4, -0.2) is 29.1 Å². The molecule has 5 heteroatoms. The SMILES string of the molecule is CC(CCO)CNC(=O)c1ccc(Oc2ccccc2)nc1. The van der Waals surface area contributed by atoms with E-state index in [1.165, 1.54) is 6.20 Å². The van der Waals surface area contributed by atoms with E-state index >= 15 is 0 Å². The average Bonchev–Trinajstić information content (AvgIpc) is 2.54. The van der Waals surface area contributed by atoms with E-state index in [1.807, 2.05) is 37.3 Å². The van der Waals surface area contributed by atoms with E-state index in [9.17, 15) is 4.79 Å². The fraction of sp³-hybridized carbons (Fsp3) is 0.294. The van der Waals surface area contributed by atoms with Crippen LogP contribution >= 0.6 is 0 Å². The van der Waals surface area contributed by atoms with Gasteiger partial charge in [0, 0.05) is 25.4 Å². The molecule has 0 saturated heterocycles. The van der Waals surface area contributed by atoms with Crippen molar-refractivity contribution in [3.05, 3.63) is 54.2 Å². The molecule has 0 fully saturated rings. The topological polar surface area (TPSA) is 71.5 Å². The van der Waals surface area contributed by atoms with Gasteiger partial charge >= 0.3 is 0 Å². The number of carbonyl (C=O) groups excluding carboxylic acids is 1. The summed E-state index contributed by atoms with van der Waals surface area (Å²) in [6, 6.07) is 12.7. The maximum Gasteiger partial charge on any atom is 0.252 e. The van der Waals surface area contributed by atoms with Crippen LogP contribution in [0.25, 0.3) is 0 Å². The lowest BCUT2D eigenvalue weighted by Crippen LogP contribution is -2.28. The summed E-state index contributed by atoms with van der Waals surface area (Å²) in [7, 11) is 0. The van der Waals surface area contributed by atoms with Gasteiger partial charge in [-0.1, -0.05) is 25.1 Å². The molecule has 2 aromatic rings. The average molecular weight is 300 g/mol. The monoisotopic (exact) mass is 300 g/mol. The molecular formula is C17H20N2O3. The number of benzene rings is 1. The van der Waals surface area contributed by atoms with Gasteiger partial charge in [0.1, 0.15) is 5.75 Å². The number of aromatic nitrogens is 1. The zero-order chi connectivity index (χ0) is 15.8. The number of nitrogens with zero attached hydrogens (tertiary/aromatic N) is 1. The summed E-state index contributed by atoms with van der Waals surface area (Å²) < 4.78 is 5.57. The zero-order valence-electron chi connectivity index (χ0n) is 12.5. The summed E-state index contributed by atoms with van der Waals surface area (Å²) in [4.78, 5) is 16.1. The van der Waals surface area contributed by atoms with Gasteiger partial charge in [0.15, 0.2) is 0 Å². The minimum atomic E-state index is -0.177. The van der Waals surface area contributed by atoms with Crippen LogP contribution in [0.4, 0.5) is 0 Å². The second kappa shape index (κ2) is 8.14. The normalized spacial score (nSPS) is 11.7. The summed E-state index contributed by atoms with van der Waals surface area (Å²) in [5, 5.41) is 11.7. The smallest absolute Gasteiger partial charge is 0.252 e. The lowest BCUT2D eigenvalue weighted by atomic mass is 10.1. The van der Waals surface area contributed by atoms with Crippen molar-refractivity contribution in [2.24, 2.45) is 5.92 Å². The number of carbonyl (C=O) groups is 1. The molecule has 2 N–H and O–H groups in total. The lowest BCUT2D eigenvalue weighted by molar-refractivity contribution is 0.0945. The Labute approximate surface area is 130 Å². The summed E-state index contributed by atoms with van der Waals surface area (Å²) in [5.74, 6) is 1.20. The van der Waals surface area contributed by atoms with Crippen molar-refractivity contribution in [3.8, 4) is 11.6 Å². The Bertz CT molecular complexity index is 585. The van der Waals surface area contributed by atoms with Crippen molar-refractivity contribution in [1.82, 2.24) is 10.3 Å². The third-order valence-corrected chi connectivity index (χ3v) is 3.20. The molecule has 1 atom stereocenters. The second-order valence-electron chi connectivity index (χ2n) is 5.13. The van der Waals surface area contributed by atoms with E-state index in [0.717, 1.165) is 0 Å². The number of pyridine rings is 1. The Balaban J connectivity index is 1.89. The molecule has 22 heavy (non-hydrogen) atoms. The van der Waals surface area contributed by atoms with Gasteiger partial charge in [0.05, 0.1) is 5.56 Å². The molecule has 1 aromatic carbocycles. The fourth-order valence-corrected chi connectivity index (χ4v) is 1.88. The number of para-hydroxylation sites is 1. The minimum Gasteiger partial charge on any atom is -0.439 e. The van der Waals surface area contributed by atoms with Crippen molar-refractivity contribution in [1.29, 1.82) is 0 Å².